The van der Waals surface area contributed by atoms with Gasteiger partial charge in [0.15, 0.2) is 0 Å². The Morgan fingerprint density at radius 2 is 2.12 bits per heavy atom. The number of hydrogen-bond donors (Lipinski definition) is 1. The summed E-state index contributed by atoms with van der Waals surface area (Å²) in [5.74, 6) is 0.0745. The predicted octanol–water partition coefficient (Wildman–Crippen LogP) is 2.01. The summed E-state index contributed by atoms with van der Waals surface area (Å²) < 4.78 is 0. The second-order valence-corrected chi connectivity index (χ2v) is 4.77. The first-order chi connectivity index (χ1) is 8.19. The summed E-state index contributed by atoms with van der Waals surface area (Å²) >= 11 is 1.61. The van der Waals surface area contributed by atoms with Crippen LogP contribution < -0.4 is 5.32 Å². The fourth-order valence-electron chi connectivity index (χ4n) is 1.48. The van der Waals surface area contributed by atoms with Crippen molar-refractivity contribution in [3.8, 4) is 0 Å². The maximum absolute atomic E-state index is 11.1. The van der Waals surface area contributed by atoms with Crippen molar-refractivity contribution < 1.29 is 4.79 Å². The molecule has 0 aliphatic rings. The summed E-state index contributed by atoms with van der Waals surface area (Å²) in [6.45, 7) is 9.67. The van der Waals surface area contributed by atoms with Gasteiger partial charge in [0.25, 0.3) is 0 Å². The Hall–Kier alpha value is -0.940. The van der Waals surface area contributed by atoms with Gasteiger partial charge in [-0.3, -0.25) is 9.69 Å². The Bertz CT molecular complexity index is 347. The molecule has 1 heterocycles. The topological polar surface area (TPSA) is 45.2 Å². The lowest BCUT2D eigenvalue weighted by molar-refractivity contribution is -0.120. The first-order valence-electron chi connectivity index (χ1n) is 6.11. The first kappa shape index (κ1) is 14.1. The molecule has 0 fully saturated rings. The highest BCUT2D eigenvalue weighted by Gasteiger charge is 2.06. The summed E-state index contributed by atoms with van der Waals surface area (Å²) in [5, 5.41) is 5.89. The van der Waals surface area contributed by atoms with Crippen LogP contribution >= 0.6 is 11.3 Å². The lowest BCUT2D eigenvalue weighted by Gasteiger charge is -2.15. The van der Waals surface area contributed by atoms with Crippen LogP contribution in [-0.4, -0.2) is 28.9 Å². The van der Waals surface area contributed by atoms with E-state index in [1.165, 1.54) is 0 Å². The molecule has 0 saturated heterocycles. The molecular formula is C12H21N3OS. The van der Waals surface area contributed by atoms with Gasteiger partial charge in [-0.25, -0.2) is 4.98 Å². The summed E-state index contributed by atoms with van der Waals surface area (Å²) in [4.78, 5) is 18.0. The van der Waals surface area contributed by atoms with Crippen LogP contribution in [0.1, 0.15) is 37.9 Å². The molecule has 96 valence electrons. The molecule has 1 rings (SSSR count). The van der Waals surface area contributed by atoms with E-state index in [0.29, 0.717) is 13.0 Å². The molecular weight excluding hydrogens is 234 g/mol. The third kappa shape index (κ3) is 4.83. The number of thiazole rings is 1. The van der Waals surface area contributed by atoms with Gasteiger partial charge in [-0.05, 0) is 13.1 Å². The van der Waals surface area contributed by atoms with Crippen molar-refractivity contribution in [3.63, 3.8) is 0 Å². The molecule has 0 aliphatic heterocycles. The molecule has 0 bridgehead atoms. The highest BCUT2D eigenvalue weighted by atomic mass is 32.1. The lowest BCUT2D eigenvalue weighted by Crippen LogP contribution is -2.23. The summed E-state index contributed by atoms with van der Waals surface area (Å²) in [7, 11) is 0. The van der Waals surface area contributed by atoms with Crippen molar-refractivity contribution in [2.24, 2.45) is 0 Å². The second-order valence-electron chi connectivity index (χ2n) is 3.82. The molecule has 1 aromatic rings. The maximum Gasteiger partial charge on any atom is 0.220 e. The Morgan fingerprint density at radius 3 is 2.71 bits per heavy atom. The maximum atomic E-state index is 11.1. The van der Waals surface area contributed by atoms with E-state index in [2.05, 4.69) is 34.4 Å². The summed E-state index contributed by atoms with van der Waals surface area (Å²) in [6.07, 6.45) is 0.525. The van der Waals surface area contributed by atoms with Gasteiger partial charge < -0.3 is 5.32 Å². The van der Waals surface area contributed by atoms with Gasteiger partial charge in [-0.1, -0.05) is 20.8 Å². The van der Waals surface area contributed by atoms with E-state index >= 15 is 0 Å². The van der Waals surface area contributed by atoms with Crippen LogP contribution in [0.3, 0.4) is 0 Å². The molecule has 0 aromatic carbocycles. The molecule has 0 saturated carbocycles. The predicted molar refractivity (Wildman–Crippen MR) is 70.9 cm³/mol. The second kappa shape index (κ2) is 7.40. The van der Waals surface area contributed by atoms with Crippen LogP contribution in [0, 0.1) is 0 Å². The lowest BCUT2D eigenvalue weighted by atomic mass is 10.4. The zero-order chi connectivity index (χ0) is 12.7. The van der Waals surface area contributed by atoms with Crippen molar-refractivity contribution in [2.45, 2.75) is 40.3 Å². The van der Waals surface area contributed by atoms with Crippen molar-refractivity contribution in [1.29, 1.82) is 0 Å². The average Bonchev–Trinajstić information content (AvgIpc) is 2.80. The Kier molecular flexibility index (Phi) is 6.15. The van der Waals surface area contributed by atoms with Crippen LogP contribution in [0.25, 0.3) is 0 Å². The third-order valence-corrected chi connectivity index (χ3v) is 3.53. The highest BCUT2D eigenvalue weighted by molar-refractivity contribution is 7.09. The van der Waals surface area contributed by atoms with Crippen LogP contribution in [0.4, 0.5) is 0 Å². The van der Waals surface area contributed by atoms with Gasteiger partial charge in [-0.15, -0.1) is 11.3 Å². The van der Waals surface area contributed by atoms with Gasteiger partial charge in [0.05, 0.1) is 12.2 Å². The monoisotopic (exact) mass is 255 g/mol. The molecule has 5 heteroatoms. The number of nitrogens with zero attached hydrogens (tertiary/aromatic N) is 2. The Balaban J connectivity index is 2.44. The van der Waals surface area contributed by atoms with Gasteiger partial charge >= 0.3 is 0 Å². The number of rotatable bonds is 7. The SMILES string of the molecule is CCC(=O)NCc1nc(CN(CC)CC)cs1. The molecule has 1 amide bonds. The number of carbonyl (C=O) groups excluding carboxylic acids is 1. The van der Waals surface area contributed by atoms with Crippen LogP contribution in [-0.2, 0) is 17.9 Å². The number of aromatic nitrogens is 1. The zero-order valence-electron chi connectivity index (χ0n) is 10.8. The van der Waals surface area contributed by atoms with E-state index in [-0.39, 0.29) is 5.91 Å². The fourth-order valence-corrected chi connectivity index (χ4v) is 2.20. The van der Waals surface area contributed by atoms with Crippen molar-refractivity contribution in [3.05, 3.63) is 16.1 Å². The van der Waals surface area contributed by atoms with E-state index in [4.69, 9.17) is 0 Å². The van der Waals surface area contributed by atoms with E-state index in [9.17, 15) is 4.79 Å². The summed E-state index contributed by atoms with van der Waals surface area (Å²) in [5.41, 5.74) is 1.10. The van der Waals surface area contributed by atoms with E-state index < -0.39 is 0 Å². The molecule has 0 radical (unpaired) electrons. The largest absolute Gasteiger partial charge is 0.350 e. The first-order valence-corrected chi connectivity index (χ1v) is 6.99. The quantitative estimate of drug-likeness (QED) is 0.810. The van der Waals surface area contributed by atoms with Crippen molar-refractivity contribution >= 4 is 17.2 Å². The van der Waals surface area contributed by atoms with E-state index in [1.807, 2.05) is 6.92 Å². The van der Waals surface area contributed by atoms with E-state index in [1.54, 1.807) is 11.3 Å². The molecule has 17 heavy (non-hydrogen) atoms. The number of nitrogens with one attached hydrogen (secondary N) is 1. The van der Waals surface area contributed by atoms with Gasteiger partial charge in [0, 0.05) is 18.3 Å². The Labute approximate surface area is 107 Å². The Morgan fingerprint density at radius 1 is 1.41 bits per heavy atom. The molecule has 0 atom stereocenters. The van der Waals surface area contributed by atoms with Crippen LogP contribution in [0.15, 0.2) is 5.38 Å². The smallest absolute Gasteiger partial charge is 0.220 e. The molecule has 0 spiro atoms. The zero-order valence-corrected chi connectivity index (χ0v) is 11.6. The van der Waals surface area contributed by atoms with Crippen molar-refractivity contribution in [1.82, 2.24) is 15.2 Å². The normalized spacial score (nSPS) is 10.8. The number of carbonyl (C=O) groups is 1. The minimum atomic E-state index is 0.0745. The van der Waals surface area contributed by atoms with Gasteiger partial charge in [-0.2, -0.15) is 0 Å². The van der Waals surface area contributed by atoms with E-state index in [0.717, 1.165) is 30.3 Å². The molecule has 4 nitrogen and oxygen atoms in total. The highest BCUT2D eigenvalue weighted by Crippen LogP contribution is 2.11. The standard InChI is InChI=1S/C12H21N3OS/c1-4-11(16)13-7-12-14-10(9-17-12)8-15(5-2)6-3/h9H,4-8H2,1-3H3,(H,13,16). The van der Waals surface area contributed by atoms with Crippen LogP contribution in [0.2, 0.25) is 0 Å². The minimum Gasteiger partial charge on any atom is -0.350 e. The van der Waals surface area contributed by atoms with Crippen LogP contribution in [0.5, 0.6) is 0 Å². The number of hydrogen-bond acceptors (Lipinski definition) is 4. The summed E-state index contributed by atoms with van der Waals surface area (Å²) in [6, 6.07) is 0. The third-order valence-electron chi connectivity index (χ3n) is 2.64. The molecule has 1 N–H and O–H groups in total. The average molecular weight is 255 g/mol. The molecule has 1 aromatic heterocycles. The molecule has 0 unspecified atom stereocenters. The fraction of sp³-hybridized carbons (Fsp3) is 0.667. The number of amides is 1. The van der Waals surface area contributed by atoms with Gasteiger partial charge in [0.2, 0.25) is 5.91 Å². The minimum absolute atomic E-state index is 0.0745. The molecule has 0 aliphatic carbocycles. The van der Waals surface area contributed by atoms with Gasteiger partial charge in [0.1, 0.15) is 5.01 Å². The van der Waals surface area contributed by atoms with Crippen molar-refractivity contribution in [2.75, 3.05) is 13.1 Å².